The molecular weight excluding hydrogens is 214 g/mol. The molecule has 0 aliphatic heterocycles. The molecule has 17 heavy (non-hydrogen) atoms. The second-order valence-corrected chi connectivity index (χ2v) is 5.07. The number of benzene rings is 1. The minimum absolute atomic E-state index is 0.0659. The number of carbonyl (C=O) groups is 1. The van der Waals surface area contributed by atoms with Crippen LogP contribution in [0.5, 0.6) is 5.75 Å². The zero-order valence-corrected chi connectivity index (χ0v) is 11.0. The lowest BCUT2D eigenvalue weighted by atomic mass is 10.1. The fourth-order valence-electron chi connectivity index (χ4n) is 1.44. The lowest BCUT2D eigenvalue weighted by molar-refractivity contribution is -0.129. The normalized spacial score (nSPS) is 12.9. The molecule has 1 N–H and O–H groups in total. The van der Waals surface area contributed by atoms with Crippen LogP contribution in [-0.4, -0.2) is 17.6 Å². The molecule has 0 saturated heterocycles. The van der Waals surface area contributed by atoms with E-state index in [0.717, 1.165) is 5.75 Å². The molecule has 0 heterocycles. The van der Waals surface area contributed by atoms with Gasteiger partial charge in [0.1, 0.15) is 5.75 Å². The minimum Gasteiger partial charge on any atom is -0.481 e. The van der Waals surface area contributed by atoms with Crippen molar-refractivity contribution < 1.29 is 9.53 Å². The van der Waals surface area contributed by atoms with Gasteiger partial charge in [0, 0.05) is 5.54 Å². The molecule has 0 spiro atoms. The Labute approximate surface area is 103 Å². The van der Waals surface area contributed by atoms with Gasteiger partial charge in [-0.2, -0.15) is 0 Å². The molecule has 0 aromatic heterocycles. The first kappa shape index (κ1) is 13.6. The minimum atomic E-state index is -0.434. The maximum atomic E-state index is 12.0. The van der Waals surface area contributed by atoms with Crippen LogP contribution in [0.3, 0.4) is 0 Å². The van der Waals surface area contributed by atoms with Crippen molar-refractivity contribution in [3.63, 3.8) is 0 Å². The summed E-state index contributed by atoms with van der Waals surface area (Å²) in [4.78, 5) is 12.0. The molecule has 0 radical (unpaired) electrons. The highest BCUT2D eigenvalue weighted by Gasteiger charge is 2.22. The van der Waals surface area contributed by atoms with Crippen LogP contribution in [0.2, 0.25) is 0 Å². The van der Waals surface area contributed by atoms with Gasteiger partial charge in [-0.15, -0.1) is 0 Å². The quantitative estimate of drug-likeness (QED) is 0.871. The lowest BCUT2D eigenvalue weighted by Gasteiger charge is -2.24. The summed E-state index contributed by atoms with van der Waals surface area (Å²) in [6, 6.07) is 9.41. The standard InChI is InChI=1S/C14H21NO2/c1-5-12(13(16)15-14(2,3)4)17-11-9-7-6-8-10-11/h6-10,12H,5H2,1-4H3,(H,15,16). The molecule has 0 fully saturated rings. The summed E-state index contributed by atoms with van der Waals surface area (Å²) in [6.07, 6.45) is 0.216. The van der Waals surface area contributed by atoms with Crippen molar-refractivity contribution in [3.8, 4) is 5.75 Å². The Hall–Kier alpha value is -1.51. The van der Waals surface area contributed by atoms with Crippen LogP contribution < -0.4 is 10.1 Å². The Morgan fingerprint density at radius 2 is 1.88 bits per heavy atom. The fourth-order valence-corrected chi connectivity index (χ4v) is 1.44. The van der Waals surface area contributed by atoms with Crippen molar-refractivity contribution >= 4 is 5.91 Å². The molecule has 94 valence electrons. The van der Waals surface area contributed by atoms with E-state index in [-0.39, 0.29) is 11.4 Å². The number of nitrogens with one attached hydrogen (secondary N) is 1. The fraction of sp³-hybridized carbons (Fsp3) is 0.500. The average molecular weight is 235 g/mol. The summed E-state index contributed by atoms with van der Waals surface area (Å²) in [5.41, 5.74) is -0.232. The summed E-state index contributed by atoms with van der Waals surface area (Å²) in [5.74, 6) is 0.660. The lowest BCUT2D eigenvalue weighted by Crippen LogP contribution is -2.47. The SMILES string of the molecule is CCC(Oc1ccccc1)C(=O)NC(C)(C)C. The number of para-hydroxylation sites is 1. The molecule has 0 aliphatic carbocycles. The molecule has 3 nitrogen and oxygen atoms in total. The van der Waals surface area contributed by atoms with Gasteiger partial charge in [-0.05, 0) is 39.3 Å². The Morgan fingerprint density at radius 1 is 1.29 bits per heavy atom. The van der Waals surface area contributed by atoms with Crippen LogP contribution >= 0.6 is 0 Å². The predicted octanol–water partition coefficient (Wildman–Crippen LogP) is 2.76. The molecule has 1 aromatic rings. The molecule has 1 atom stereocenters. The van der Waals surface area contributed by atoms with Gasteiger partial charge in [0.15, 0.2) is 6.10 Å². The number of hydrogen-bond acceptors (Lipinski definition) is 2. The van der Waals surface area contributed by atoms with Crippen LogP contribution in [0.25, 0.3) is 0 Å². The first-order chi connectivity index (χ1) is 7.92. The maximum Gasteiger partial charge on any atom is 0.261 e. The Morgan fingerprint density at radius 3 is 2.35 bits per heavy atom. The van der Waals surface area contributed by atoms with Crippen molar-refractivity contribution in [3.05, 3.63) is 30.3 Å². The highest BCUT2D eigenvalue weighted by atomic mass is 16.5. The van der Waals surface area contributed by atoms with E-state index < -0.39 is 6.10 Å². The van der Waals surface area contributed by atoms with E-state index in [4.69, 9.17) is 4.74 Å². The van der Waals surface area contributed by atoms with E-state index in [1.807, 2.05) is 58.0 Å². The van der Waals surface area contributed by atoms with Gasteiger partial charge in [0.2, 0.25) is 0 Å². The van der Waals surface area contributed by atoms with Crippen molar-refractivity contribution in [1.82, 2.24) is 5.32 Å². The summed E-state index contributed by atoms with van der Waals surface area (Å²) < 4.78 is 5.66. The third kappa shape index (κ3) is 4.89. The zero-order chi connectivity index (χ0) is 12.9. The molecule has 0 saturated carbocycles. The number of hydrogen-bond donors (Lipinski definition) is 1. The summed E-state index contributed by atoms with van der Waals surface area (Å²) >= 11 is 0. The highest BCUT2D eigenvalue weighted by Crippen LogP contribution is 2.13. The van der Waals surface area contributed by atoms with Crippen LogP contribution in [0.15, 0.2) is 30.3 Å². The number of ether oxygens (including phenoxy) is 1. The van der Waals surface area contributed by atoms with E-state index in [1.54, 1.807) is 0 Å². The second-order valence-electron chi connectivity index (χ2n) is 5.07. The van der Waals surface area contributed by atoms with Gasteiger partial charge in [-0.1, -0.05) is 25.1 Å². The van der Waals surface area contributed by atoms with Crippen molar-refractivity contribution in [2.75, 3.05) is 0 Å². The molecule has 1 unspecified atom stereocenters. The van der Waals surface area contributed by atoms with Gasteiger partial charge < -0.3 is 10.1 Å². The highest BCUT2D eigenvalue weighted by molar-refractivity contribution is 5.81. The molecule has 3 heteroatoms. The molecule has 0 aliphatic rings. The van der Waals surface area contributed by atoms with E-state index in [1.165, 1.54) is 0 Å². The largest absolute Gasteiger partial charge is 0.481 e. The monoisotopic (exact) mass is 235 g/mol. The van der Waals surface area contributed by atoms with Gasteiger partial charge in [-0.25, -0.2) is 0 Å². The third-order valence-electron chi connectivity index (χ3n) is 2.18. The molecule has 1 aromatic carbocycles. The number of amides is 1. The van der Waals surface area contributed by atoms with Crippen molar-refractivity contribution in [2.24, 2.45) is 0 Å². The van der Waals surface area contributed by atoms with Crippen molar-refractivity contribution in [2.45, 2.75) is 45.8 Å². The van der Waals surface area contributed by atoms with Crippen LogP contribution in [0, 0.1) is 0 Å². The van der Waals surface area contributed by atoms with Crippen LogP contribution in [0.1, 0.15) is 34.1 Å². The third-order valence-corrected chi connectivity index (χ3v) is 2.18. The van der Waals surface area contributed by atoms with E-state index >= 15 is 0 Å². The smallest absolute Gasteiger partial charge is 0.261 e. The van der Waals surface area contributed by atoms with Crippen LogP contribution in [-0.2, 0) is 4.79 Å². The number of rotatable bonds is 4. The van der Waals surface area contributed by atoms with Crippen LogP contribution in [0.4, 0.5) is 0 Å². The number of carbonyl (C=O) groups excluding carboxylic acids is 1. The molecular formula is C14H21NO2. The Bertz CT molecular complexity index is 354. The van der Waals surface area contributed by atoms with E-state index in [0.29, 0.717) is 6.42 Å². The molecule has 1 rings (SSSR count). The summed E-state index contributed by atoms with van der Waals surface area (Å²) in [5, 5.41) is 2.93. The average Bonchev–Trinajstić information content (AvgIpc) is 2.24. The Balaban J connectivity index is 2.63. The molecule has 0 bridgehead atoms. The first-order valence-electron chi connectivity index (χ1n) is 5.96. The predicted molar refractivity (Wildman–Crippen MR) is 69.0 cm³/mol. The van der Waals surface area contributed by atoms with Crippen molar-refractivity contribution in [1.29, 1.82) is 0 Å². The topological polar surface area (TPSA) is 38.3 Å². The molecule has 1 amide bonds. The Kier molecular flexibility index (Phi) is 4.55. The van der Waals surface area contributed by atoms with Gasteiger partial charge in [0.25, 0.3) is 5.91 Å². The van der Waals surface area contributed by atoms with Gasteiger partial charge in [-0.3, -0.25) is 4.79 Å². The maximum absolute atomic E-state index is 12.0. The second kappa shape index (κ2) is 5.71. The van der Waals surface area contributed by atoms with E-state index in [2.05, 4.69) is 5.32 Å². The van der Waals surface area contributed by atoms with E-state index in [9.17, 15) is 4.79 Å². The summed E-state index contributed by atoms with van der Waals surface area (Å²) in [6.45, 7) is 7.82. The van der Waals surface area contributed by atoms with Gasteiger partial charge in [0.05, 0.1) is 0 Å². The summed E-state index contributed by atoms with van der Waals surface area (Å²) in [7, 11) is 0. The first-order valence-corrected chi connectivity index (χ1v) is 5.96. The zero-order valence-electron chi connectivity index (χ0n) is 11.0. The van der Waals surface area contributed by atoms with Gasteiger partial charge >= 0.3 is 0 Å².